The molecule has 0 aromatic heterocycles. The average molecular weight is 492 g/mol. The quantitative estimate of drug-likeness (QED) is 0.340. The Balaban J connectivity index is 3.42. The summed E-state index contributed by atoms with van der Waals surface area (Å²) < 4.78 is 5.38. The van der Waals surface area contributed by atoms with Crippen molar-refractivity contribution in [3.05, 3.63) is 29.8 Å². The van der Waals surface area contributed by atoms with Crippen LogP contribution in [0.4, 0.5) is 4.79 Å². The van der Waals surface area contributed by atoms with Gasteiger partial charge in [0.2, 0.25) is 11.8 Å². The van der Waals surface area contributed by atoms with Crippen molar-refractivity contribution in [2.24, 2.45) is 5.92 Å². The minimum atomic E-state index is -1.03. The van der Waals surface area contributed by atoms with Gasteiger partial charge in [0.15, 0.2) is 0 Å². The van der Waals surface area contributed by atoms with Gasteiger partial charge in [0.05, 0.1) is 0 Å². The van der Waals surface area contributed by atoms with Gasteiger partial charge in [-0.2, -0.15) is 0 Å². The van der Waals surface area contributed by atoms with Crippen LogP contribution in [0.5, 0.6) is 5.75 Å². The van der Waals surface area contributed by atoms with Crippen LogP contribution in [0.25, 0.3) is 0 Å². The summed E-state index contributed by atoms with van der Waals surface area (Å²) in [7, 11) is 0. The standard InChI is InChI=1S/C27H45N3O5/c1-8-10-14-18-30(25(33)22(19(3)4)29-26(34)35-27(5,6)7)23(24(32)28-17-11-9-2)20-15-12-13-16-21(20)31/h12-13,15-16,19,22-23,31H,8-11,14,17-18H2,1-7H3,(H,28,32)(H,29,34). The Morgan fingerprint density at radius 2 is 1.66 bits per heavy atom. The van der Waals surface area contributed by atoms with Crippen LogP contribution in [0, 0.1) is 5.92 Å². The maximum absolute atomic E-state index is 13.9. The van der Waals surface area contributed by atoms with E-state index in [4.69, 9.17) is 4.74 Å². The SMILES string of the molecule is CCCCCN(C(=O)C(NC(=O)OC(C)(C)C)C(C)C)C(C(=O)NCCCC)c1ccccc1O. The van der Waals surface area contributed by atoms with E-state index in [0.29, 0.717) is 25.1 Å². The zero-order valence-electron chi connectivity index (χ0n) is 22.5. The zero-order valence-corrected chi connectivity index (χ0v) is 22.5. The highest BCUT2D eigenvalue weighted by atomic mass is 16.6. The molecule has 3 amide bonds. The van der Waals surface area contributed by atoms with Crippen molar-refractivity contribution in [3.63, 3.8) is 0 Å². The van der Waals surface area contributed by atoms with E-state index < -0.39 is 23.8 Å². The lowest BCUT2D eigenvalue weighted by Gasteiger charge is -2.35. The van der Waals surface area contributed by atoms with Crippen molar-refractivity contribution >= 4 is 17.9 Å². The molecule has 0 aliphatic rings. The maximum Gasteiger partial charge on any atom is 0.408 e. The van der Waals surface area contributed by atoms with Gasteiger partial charge in [0.1, 0.15) is 23.4 Å². The van der Waals surface area contributed by atoms with Crippen LogP contribution in [0.15, 0.2) is 24.3 Å². The van der Waals surface area contributed by atoms with E-state index in [1.54, 1.807) is 39.0 Å². The molecule has 8 heteroatoms. The average Bonchev–Trinajstić information content (AvgIpc) is 2.76. The Kier molecular flexibility index (Phi) is 12.6. The summed E-state index contributed by atoms with van der Waals surface area (Å²) in [5.41, 5.74) is -0.362. The molecule has 3 N–H and O–H groups in total. The highest BCUT2D eigenvalue weighted by molar-refractivity contribution is 5.92. The summed E-state index contributed by atoms with van der Waals surface area (Å²) in [6, 6.07) is 4.65. The van der Waals surface area contributed by atoms with Gasteiger partial charge in [-0.15, -0.1) is 0 Å². The number of hydrogen-bond acceptors (Lipinski definition) is 5. The van der Waals surface area contributed by atoms with E-state index >= 15 is 0 Å². The summed E-state index contributed by atoms with van der Waals surface area (Å²) >= 11 is 0. The number of aromatic hydroxyl groups is 1. The fourth-order valence-corrected chi connectivity index (χ4v) is 3.68. The number of nitrogens with zero attached hydrogens (tertiary/aromatic N) is 1. The molecule has 0 saturated carbocycles. The number of alkyl carbamates (subject to hydrolysis) is 1. The van der Waals surface area contributed by atoms with E-state index in [2.05, 4.69) is 17.6 Å². The molecule has 35 heavy (non-hydrogen) atoms. The van der Waals surface area contributed by atoms with E-state index in [9.17, 15) is 19.5 Å². The molecular weight excluding hydrogens is 446 g/mol. The van der Waals surface area contributed by atoms with E-state index in [0.717, 1.165) is 25.7 Å². The van der Waals surface area contributed by atoms with Crippen molar-refractivity contribution in [2.45, 2.75) is 98.3 Å². The third-order valence-electron chi connectivity index (χ3n) is 5.51. The molecule has 0 aliphatic carbocycles. The van der Waals surface area contributed by atoms with Crippen LogP contribution >= 0.6 is 0 Å². The lowest BCUT2D eigenvalue weighted by molar-refractivity contribution is -0.143. The van der Waals surface area contributed by atoms with Crippen molar-refractivity contribution in [3.8, 4) is 5.75 Å². The van der Waals surface area contributed by atoms with Crippen LogP contribution in [0.2, 0.25) is 0 Å². The molecular formula is C27H45N3O5. The summed E-state index contributed by atoms with van der Waals surface area (Å²) in [6.45, 7) is 13.8. The third kappa shape index (κ3) is 10.2. The van der Waals surface area contributed by atoms with Crippen LogP contribution in [-0.4, -0.2) is 52.6 Å². The molecule has 1 aromatic carbocycles. The summed E-state index contributed by atoms with van der Waals surface area (Å²) in [4.78, 5) is 41.4. The molecule has 2 atom stereocenters. The largest absolute Gasteiger partial charge is 0.508 e. The minimum absolute atomic E-state index is 0.0577. The zero-order chi connectivity index (χ0) is 26.6. The molecule has 198 valence electrons. The van der Waals surface area contributed by atoms with Gasteiger partial charge in [-0.1, -0.05) is 65.2 Å². The highest BCUT2D eigenvalue weighted by Gasteiger charge is 2.38. The maximum atomic E-state index is 13.9. The molecule has 1 aromatic rings. The van der Waals surface area contributed by atoms with Gasteiger partial charge in [0, 0.05) is 18.7 Å². The number of benzene rings is 1. The second-order valence-corrected chi connectivity index (χ2v) is 10.2. The highest BCUT2D eigenvalue weighted by Crippen LogP contribution is 2.30. The first-order chi connectivity index (χ1) is 16.4. The second kappa shape index (κ2) is 14.6. The van der Waals surface area contributed by atoms with E-state index in [1.165, 1.54) is 11.0 Å². The number of rotatable bonds is 13. The lowest BCUT2D eigenvalue weighted by Crippen LogP contribution is -2.55. The number of hydrogen-bond donors (Lipinski definition) is 3. The number of phenols is 1. The van der Waals surface area contributed by atoms with Gasteiger partial charge < -0.3 is 25.4 Å². The first-order valence-electron chi connectivity index (χ1n) is 12.8. The summed E-state index contributed by atoms with van der Waals surface area (Å²) in [5, 5.41) is 16.2. The molecule has 0 bridgehead atoms. The third-order valence-corrected chi connectivity index (χ3v) is 5.51. The van der Waals surface area contributed by atoms with Gasteiger partial charge in [-0.05, 0) is 45.6 Å². The Morgan fingerprint density at radius 1 is 1.03 bits per heavy atom. The first kappa shape index (κ1) is 30.3. The molecule has 2 unspecified atom stereocenters. The fraction of sp³-hybridized carbons (Fsp3) is 0.667. The van der Waals surface area contributed by atoms with Crippen LogP contribution in [-0.2, 0) is 14.3 Å². The van der Waals surface area contributed by atoms with Crippen LogP contribution in [0.3, 0.4) is 0 Å². The van der Waals surface area contributed by atoms with Crippen molar-refractivity contribution in [2.75, 3.05) is 13.1 Å². The Morgan fingerprint density at radius 3 is 2.20 bits per heavy atom. The number of amides is 3. The van der Waals surface area contributed by atoms with E-state index in [1.807, 2.05) is 20.8 Å². The molecule has 1 rings (SSSR count). The van der Waals surface area contributed by atoms with Crippen LogP contribution < -0.4 is 10.6 Å². The normalized spacial score (nSPS) is 13.1. The molecule has 8 nitrogen and oxygen atoms in total. The molecule has 0 saturated heterocycles. The van der Waals surface area contributed by atoms with Crippen molar-refractivity contribution in [1.82, 2.24) is 15.5 Å². The number of carbonyl (C=O) groups is 3. The van der Waals surface area contributed by atoms with Gasteiger partial charge in [-0.25, -0.2) is 4.79 Å². The van der Waals surface area contributed by atoms with Gasteiger partial charge >= 0.3 is 6.09 Å². The topological polar surface area (TPSA) is 108 Å². The van der Waals surface area contributed by atoms with Crippen molar-refractivity contribution < 1.29 is 24.2 Å². The van der Waals surface area contributed by atoms with Gasteiger partial charge in [-0.3, -0.25) is 9.59 Å². The number of carbonyl (C=O) groups excluding carboxylic acids is 3. The number of nitrogens with one attached hydrogen (secondary N) is 2. The van der Waals surface area contributed by atoms with Crippen LogP contribution in [0.1, 0.15) is 92.2 Å². The summed E-state index contributed by atoms with van der Waals surface area (Å²) in [5.74, 6) is -1.06. The summed E-state index contributed by atoms with van der Waals surface area (Å²) in [6.07, 6.45) is 3.53. The predicted molar refractivity (Wildman–Crippen MR) is 138 cm³/mol. The monoisotopic (exact) mass is 491 g/mol. The number of phenolic OH excluding ortho intramolecular Hbond substituents is 1. The van der Waals surface area contributed by atoms with Crippen molar-refractivity contribution in [1.29, 1.82) is 0 Å². The fourth-order valence-electron chi connectivity index (χ4n) is 3.68. The predicted octanol–water partition coefficient (Wildman–Crippen LogP) is 4.92. The van der Waals surface area contributed by atoms with E-state index in [-0.39, 0.29) is 23.5 Å². The molecule has 0 fully saturated rings. The lowest BCUT2D eigenvalue weighted by atomic mass is 9.97. The van der Waals surface area contributed by atoms with Gasteiger partial charge in [0.25, 0.3) is 0 Å². The minimum Gasteiger partial charge on any atom is -0.508 e. The Bertz CT molecular complexity index is 819. The smallest absolute Gasteiger partial charge is 0.408 e. The number of para-hydroxylation sites is 1. The molecule has 0 spiro atoms. The number of ether oxygens (including phenoxy) is 1. The molecule has 0 aliphatic heterocycles. The molecule has 0 heterocycles. The number of unbranched alkanes of at least 4 members (excludes halogenated alkanes) is 3. The Hall–Kier alpha value is -2.77. The molecule has 0 radical (unpaired) electrons. The first-order valence-corrected chi connectivity index (χ1v) is 12.8. The Labute approximate surface area is 210 Å². The second-order valence-electron chi connectivity index (χ2n) is 10.2.